The van der Waals surface area contributed by atoms with E-state index in [1.165, 1.54) is 12.1 Å². The van der Waals surface area contributed by atoms with Crippen LogP contribution in [0.1, 0.15) is 26.7 Å². The van der Waals surface area contributed by atoms with Crippen LogP contribution >= 0.6 is 0 Å². The number of hydrogen-bond acceptors (Lipinski definition) is 3. The largest absolute Gasteiger partial charge is 0.452 e. The van der Waals surface area contributed by atoms with E-state index >= 15 is 0 Å². The Morgan fingerprint density at radius 1 is 1.31 bits per heavy atom. The second kappa shape index (κ2) is 5.58. The summed E-state index contributed by atoms with van der Waals surface area (Å²) in [5, 5.41) is 1.30. The van der Waals surface area contributed by atoms with E-state index in [4.69, 9.17) is 0 Å². The van der Waals surface area contributed by atoms with E-state index in [0.717, 1.165) is 25.9 Å². The molecule has 1 N–H and O–H groups in total. The highest BCUT2D eigenvalue weighted by atomic mass is 16.5. The smallest absolute Gasteiger partial charge is 0.425 e. The number of hydrogen-bond donors (Lipinski definition) is 1. The van der Waals surface area contributed by atoms with Crippen molar-refractivity contribution in [3.05, 3.63) is 0 Å². The van der Waals surface area contributed by atoms with Gasteiger partial charge in [-0.1, -0.05) is 0 Å². The molecule has 1 fully saturated rings. The molecule has 0 atom stereocenters. The van der Waals surface area contributed by atoms with Gasteiger partial charge in [-0.25, -0.2) is 20.0 Å². The quantitative estimate of drug-likeness (QED) is 0.687. The van der Waals surface area contributed by atoms with Crippen LogP contribution in [0.15, 0.2) is 0 Å². The second-order valence-electron chi connectivity index (χ2n) is 4.04. The standard InChI is InChI=1S/C10H19N3O3/c1-8(2)13(11-9(14)16-3)10(15)12-6-4-5-7-12/h8H,4-7H2,1-3H3,(H,11,14). The summed E-state index contributed by atoms with van der Waals surface area (Å²) in [4.78, 5) is 24.9. The van der Waals surface area contributed by atoms with Crippen molar-refractivity contribution >= 4 is 12.1 Å². The van der Waals surface area contributed by atoms with Gasteiger partial charge in [-0.2, -0.15) is 0 Å². The Morgan fingerprint density at radius 2 is 1.88 bits per heavy atom. The molecule has 3 amide bonds. The molecule has 1 heterocycles. The maximum Gasteiger partial charge on any atom is 0.425 e. The van der Waals surface area contributed by atoms with Gasteiger partial charge in [0.25, 0.3) is 0 Å². The number of methoxy groups -OCH3 is 1. The highest BCUT2D eigenvalue weighted by Crippen LogP contribution is 2.11. The van der Waals surface area contributed by atoms with Crippen molar-refractivity contribution in [3.63, 3.8) is 0 Å². The Labute approximate surface area is 95.5 Å². The number of carbonyl (C=O) groups is 2. The van der Waals surface area contributed by atoms with E-state index in [0.29, 0.717) is 0 Å². The first-order chi connectivity index (χ1) is 7.56. The molecule has 0 aromatic heterocycles. The molecule has 6 nitrogen and oxygen atoms in total. The van der Waals surface area contributed by atoms with Crippen molar-refractivity contribution in [2.24, 2.45) is 0 Å². The van der Waals surface area contributed by atoms with E-state index in [1.807, 2.05) is 13.8 Å². The lowest BCUT2D eigenvalue weighted by atomic mass is 10.4. The average Bonchev–Trinajstić information content (AvgIpc) is 2.77. The molecule has 0 aromatic rings. The van der Waals surface area contributed by atoms with E-state index in [1.54, 1.807) is 4.90 Å². The van der Waals surface area contributed by atoms with Crippen LogP contribution in [0.2, 0.25) is 0 Å². The van der Waals surface area contributed by atoms with E-state index < -0.39 is 6.09 Å². The van der Waals surface area contributed by atoms with E-state index in [-0.39, 0.29) is 12.1 Å². The van der Waals surface area contributed by atoms with Crippen molar-refractivity contribution in [1.82, 2.24) is 15.3 Å². The summed E-state index contributed by atoms with van der Waals surface area (Å²) < 4.78 is 4.48. The minimum absolute atomic E-state index is 0.104. The first-order valence-electron chi connectivity index (χ1n) is 5.49. The number of likely N-dealkylation sites (tertiary alicyclic amines) is 1. The number of hydrazine groups is 1. The SMILES string of the molecule is COC(=O)NN(C(=O)N1CCCC1)C(C)C. The molecule has 1 aliphatic rings. The fourth-order valence-corrected chi connectivity index (χ4v) is 1.60. The van der Waals surface area contributed by atoms with Crippen molar-refractivity contribution in [2.45, 2.75) is 32.7 Å². The number of nitrogens with zero attached hydrogens (tertiary/aromatic N) is 2. The van der Waals surface area contributed by atoms with Gasteiger partial charge in [-0.3, -0.25) is 0 Å². The van der Waals surface area contributed by atoms with Crippen LogP contribution in [-0.2, 0) is 4.74 Å². The second-order valence-corrected chi connectivity index (χ2v) is 4.04. The molecule has 0 radical (unpaired) electrons. The molecule has 6 heteroatoms. The van der Waals surface area contributed by atoms with E-state index in [2.05, 4.69) is 10.2 Å². The Balaban J connectivity index is 2.61. The summed E-state index contributed by atoms with van der Waals surface area (Å²) in [6.07, 6.45) is 1.42. The highest BCUT2D eigenvalue weighted by Gasteiger charge is 2.26. The van der Waals surface area contributed by atoms with Crippen LogP contribution in [0.3, 0.4) is 0 Å². The fraction of sp³-hybridized carbons (Fsp3) is 0.800. The maximum absolute atomic E-state index is 12.0. The Kier molecular flexibility index (Phi) is 4.39. The molecule has 0 aromatic carbocycles. The molecule has 1 rings (SSSR count). The summed E-state index contributed by atoms with van der Waals surface area (Å²) in [5.41, 5.74) is 2.42. The monoisotopic (exact) mass is 229 g/mol. The third-order valence-electron chi connectivity index (χ3n) is 2.50. The third-order valence-corrected chi connectivity index (χ3v) is 2.50. The van der Waals surface area contributed by atoms with Gasteiger partial charge in [0.1, 0.15) is 0 Å². The number of urea groups is 1. The Bertz CT molecular complexity index is 262. The molecule has 0 unspecified atom stereocenters. The Hall–Kier alpha value is -1.46. The van der Waals surface area contributed by atoms with Crippen molar-refractivity contribution in [3.8, 4) is 0 Å². The fourth-order valence-electron chi connectivity index (χ4n) is 1.60. The van der Waals surface area contributed by atoms with Gasteiger partial charge >= 0.3 is 12.1 Å². The normalized spacial score (nSPS) is 15.1. The molecule has 1 aliphatic heterocycles. The van der Waals surface area contributed by atoms with Crippen molar-refractivity contribution in [2.75, 3.05) is 20.2 Å². The molecule has 92 valence electrons. The molecular weight excluding hydrogens is 210 g/mol. The van der Waals surface area contributed by atoms with Crippen LogP contribution in [0, 0.1) is 0 Å². The maximum atomic E-state index is 12.0. The topological polar surface area (TPSA) is 61.9 Å². The van der Waals surface area contributed by atoms with Crippen molar-refractivity contribution < 1.29 is 14.3 Å². The van der Waals surface area contributed by atoms with Gasteiger partial charge in [0, 0.05) is 19.1 Å². The molecule has 1 saturated heterocycles. The van der Waals surface area contributed by atoms with Crippen LogP contribution in [0.4, 0.5) is 9.59 Å². The highest BCUT2D eigenvalue weighted by molar-refractivity contribution is 5.78. The zero-order chi connectivity index (χ0) is 12.1. The average molecular weight is 229 g/mol. The van der Waals surface area contributed by atoms with Crippen molar-refractivity contribution in [1.29, 1.82) is 0 Å². The van der Waals surface area contributed by atoms with Crippen LogP contribution < -0.4 is 5.43 Å². The summed E-state index contributed by atoms with van der Waals surface area (Å²) in [7, 11) is 1.27. The zero-order valence-electron chi connectivity index (χ0n) is 10.0. The molecule has 0 spiro atoms. The van der Waals surface area contributed by atoms with Gasteiger partial charge in [-0.15, -0.1) is 0 Å². The third kappa shape index (κ3) is 3.01. The summed E-state index contributed by atoms with van der Waals surface area (Å²) in [6.45, 7) is 5.18. The first kappa shape index (κ1) is 12.6. The van der Waals surface area contributed by atoms with Gasteiger partial charge in [-0.05, 0) is 26.7 Å². The predicted octanol–water partition coefficient (Wildman–Crippen LogP) is 1.18. The Morgan fingerprint density at radius 3 is 2.31 bits per heavy atom. The molecule has 0 bridgehead atoms. The zero-order valence-corrected chi connectivity index (χ0v) is 10.0. The van der Waals surface area contributed by atoms with E-state index in [9.17, 15) is 9.59 Å². The summed E-state index contributed by atoms with van der Waals surface area (Å²) >= 11 is 0. The van der Waals surface area contributed by atoms with Gasteiger partial charge in [0.15, 0.2) is 0 Å². The number of amides is 3. The lowest BCUT2D eigenvalue weighted by molar-refractivity contribution is 0.0992. The summed E-state index contributed by atoms with van der Waals surface area (Å²) in [5.74, 6) is 0. The number of ether oxygens (including phenoxy) is 1. The van der Waals surface area contributed by atoms with Gasteiger partial charge in [0.05, 0.1) is 7.11 Å². The number of carbonyl (C=O) groups excluding carboxylic acids is 2. The molecule has 0 saturated carbocycles. The minimum atomic E-state index is -0.624. The van der Waals surface area contributed by atoms with Crippen LogP contribution in [0.5, 0.6) is 0 Å². The number of nitrogens with one attached hydrogen (secondary N) is 1. The first-order valence-corrected chi connectivity index (χ1v) is 5.49. The lowest BCUT2D eigenvalue weighted by Crippen LogP contribution is -2.54. The lowest BCUT2D eigenvalue weighted by Gasteiger charge is -2.30. The predicted molar refractivity (Wildman–Crippen MR) is 58.7 cm³/mol. The molecular formula is C10H19N3O3. The van der Waals surface area contributed by atoms with Crippen LogP contribution in [0.25, 0.3) is 0 Å². The number of rotatable bonds is 1. The summed E-state index contributed by atoms with van der Waals surface area (Å²) in [6, 6.07) is -0.273. The molecule has 16 heavy (non-hydrogen) atoms. The van der Waals surface area contributed by atoms with Gasteiger partial charge in [0.2, 0.25) is 0 Å². The van der Waals surface area contributed by atoms with Crippen LogP contribution in [-0.4, -0.2) is 48.3 Å². The van der Waals surface area contributed by atoms with Gasteiger partial charge < -0.3 is 9.64 Å². The molecule has 0 aliphatic carbocycles. The minimum Gasteiger partial charge on any atom is -0.452 e.